The van der Waals surface area contributed by atoms with Gasteiger partial charge in [0.15, 0.2) is 11.5 Å². The van der Waals surface area contributed by atoms with Crippen molar-refractivity contribution in [2.45, 2.75) is 32.0 Å². The minimum absolute atomic E-state index is 0.198. The van der Waals surface area contributed by atoms with Gasteiger partial charge in [0.2, 0.25) is 6.10 Å². The number of carbonyl (C=O) groups is 1. The Morgan fingerprint density at radius 1 is 1.00 bits per heavy atom. The number of benzene rings is 2. The quantitative estimate of drug-likeness (QED) is 0.931. The zero-order valence-electron chi connectivity index (χ0n) is 14.3. The minimum Gasteiger partial charge on any atom is -0.482 e. The number of rotatable bonds is 3. The van der Waals surface area contributed by atoms with E-state index in [1.54, 1.807) is 0 Å². The Labute approximate surface area is 147 Å². The van der Waals surface area contributed by atoms with E-state index in [-0.39, 0.29) is 12.0 Å². The molecule has 2 unspecified atom stereocenters. The van der Waals surface area contributed by atoms with Gasteiger partial charge in [-0.15, -0.1) is 0 Å². The highest BCUT2D eigenvalue weighted by Crippen LogP contribution is 2.33. The predicted molar refractivity (Wildman–Crippen MR) is 97.5 cm³/mol. The molecular weight excluding hydrogens is 316 g/mol. The molecule has 2 heterocycles. The molecule has 2 atom stereocenters. The van der Waals surface area contributed by atoms with Crippen molar-refractivity contribution in [3.05, 3.63) is 48.5 Å². The Balaban J connectivity index is 1.43. The molecular formula is C20H22N2O3. The molecule has 2 aliphatic rings. The van der Waals surface area contributed by atoms with Crippen molar-refractivity contribution in [2.75, 3.05) is 23.3 Å². The summed E-state index contributed by atoms with van der Waals surface area (Å²) in [7, 11) is 0. The summed E-state index contributed by atoms with van der Waals surface area (Å²) in [6.45, 7) is 4.06. The van der Waals surface area contributed by atoms with Crippen LogP contribution in [0.4, 0.5) is 11.4 Å². The van der Waals surface area contributed by atoms with Crippen molar-refractivity contribution in [2.24, 2.45) is 0 Å². The molecule has 130 valence electrons. The fourth-order valence-corrected chi connectivity index (χ4v) is 3.35. The number of nitrogens with one attached hydrogen (secondary N) is 1. The Morgan fingerprint density at radius 2 is 1.64 bits per heavy atom. The number of hydrogen-bond donors (Lipinski definition) is 1. The van der Waals surface area contributed by atoms with Gasteiger partial charge in [0.25, 0.3) is 5.91 Å². The van der Waals surface area contributed by atoms with E-state index in [4.69, 9.17) is 9.47 Å². The first-order chi connectivity index (χ1) is 12.2. The second kappa shape index (κ2) is 6.67. The van der Waals surface area contributed by atoms with Crippen molar-refractivity contribution < 1.29 is 14.3 Å². The number of ether oxygens (including phenoxy) is 2. The van der Waals surface area contributed by atoms with Crippen LogP contribution in [0.3, 0.4) is 0 Å². The first-order valence-electron chi connectivity index (χ1n) is 8.79. The molecule has 1 N–H and O–H groups in total. The lowest BCUT2D eigenvalue weighted by molar-refractivity contribution is -0.128. The summed E-state index contributed by atoms with van der Waals surface area (Å²) in [5.74, 6) is 1.08. The van der Waals surface area contributed by atoms with E-state index in [0.29, 0.717) is 11.5 Å². The lowest BCUT2D eigenvalue weighted by atomic mass is 10.1. The summed E-state index contributed by atoms with van der Waals surface area (Å²) in [4.78, 5) is 15.0. The molecule has 0 radical (unpaired) electrons. The third kappa shape index (κ3) is 3.27. The third-order valence-electron chi connectivity index (χ3n) is 4.71. The SMILES string of the molecule is CC1Oc2ccccc2OC1C(=O)Nc1ccc(N2CCCC2)cc1. The Bertz CT molecular complexity index is 754. The Hall–Kier alpha value is -2.69. The van der Waals surface area contributed by atoms with E-state index >= 15 is 0 Å². The van der Waals surface area contributed by atoms with E-state index < -0.39 is 6.10 Å². The number of fused-ring (bicyclic) bond motifs is 1. The van der Waals surface area contributed by atoms with Crippen LogP contribution in [0.1, 0.15) is 19.8 Å². The molecule has 1 fully saturated rings. The number of anilines is 2. The first-order valence-corrected chi connectivity index (χ1v) is 8.79. The molecule has 5 nitrogen and oxygen atoms in total. The molecule has 5 heteroatoms. The molecule has 0 aromatic heterocycles. The van der Waals surface area contributed by atoms with Gasteiger partial charge in [-0.25, -0.2) is 0 Å². The monoisotopic (exact) mass is 338 g/mol. The third-order valence-corrected chi connectivity index (χ3v) is 4.71. The second-order valence-corrected chi connectivity index (χ2v) is 6.54. The maximum atomic E-state index is 12.6. The summed E-state index contributed by atoms with van der Waals surface area (Å²) in [6.07, 6.45) is 1.47. The topological polar surface area (TPSA) is 50.8 Å². The zero-order chi connectivity index (χ0) is 17.2. The van der Waals surface area contributed by atoms with Crippen LogP contribution in [0, 0.1) is 0 Å². The van der Waals surface area contributed by atoms with Gasteiger partial charge in [0.1, 0.15) is 6.10 Å². The van der Waals surface area contributed by atoms with Gasteiger partial charge in [0.05, 0.1) is 0 Å². The molecule has 4 rings (SSSR count). The number of amides is 1. The Morgan fingerprint density at radius 3 is 2.32 bits per heavy atom. The molecule has 0 saturated carbocycles. The average Bonchev–Trinajstić information content (AvgIpc) is 3.16. The molecule has 2 aromatic carbocycles. The van der Waals surface area contributed by atoms with E-state index in [1.807, 2.05) is 43.3 Å². The molecule has 0 aliphatic carbocycles. The number of hydrogen-bond acceptors (Lipinski definition) is 4. The van der Waals surface area contributed by atoms with Crippen LogP contribution in [0.25, 0.3) is 0 Å². The molecule has 2 aliphatic heterocycles. The van der Waals surface area contributed by atoms with Crippen molar-refractivity contribution >= 4 is 17.3 Å². The summed E-state index contributed by atoms with van der Waals surface area (Å²) < 4.78 is 11.6. The standard InChI is InChI=1S/C20H22N2O3/c1-14-19(25-18-7-3-2-6-17(18)24-14)20(23)21-15-8-10-16(11-9-15)22-12-4-5-13-22/h2-3,6-11,14,19H,4-5,12-13H2,1H3,(H,21,23). The van der Waals surface area contributed by atoms with Crippen LogP contribution >= 0.6 is 0 Å². The van der Waals surface area contributed by atoms with E-state index in [1.165, 1.54) is 18.5 Å². The van der Waals surface area contributed by atoms with Gasteiger partial charge in [-0.05, 0) is 56.2 Å². The van der Waals surface area contributed by atoms with Crippen molar-refractivity contribution in [1.29, 1.82) is 0 Å². The highest BCUT2D eigenvalue weighted by atomic mass is 16.6. The van der Waals surface area contributed by atoms with Crippen molar-refractivity contribution in [3.63, 3.8) is 0 Å². The maximum Gasteiger partial charge on any atom is 0.269 e. The van der Waals surface area contributed by atoms with Crippen LogP contribution in [-0.4, -0.2) is 31.2 Å². The molecule has 2 aromatic rings. The summed E-state index contributed by atoms with van der Waals surface area (Å²) >= 11 is 0. The summed E-state index contributed by atoms with van der Waals surface area (Å²) in [5.41, 5.74) is 1.97. The summed E-state index contributed by atoms with van der Waals surface area (Å²) in [5, 5.41) is 2.93. The summed E-state index contributed by atoms with van der Waals surface area (Å²) in [6, 6.07) is 15.4. The normalized spacial score (nSPS) is 21.9. The second-order valence-electron chi connectivity index (χ2n) is 6.54. The average molecular weight is 338 g/mol. The number of nitrogens with zero attached hydrogens (tertiary/aromatic N) is 1. The van der Waals surface area contributed by atoms with Gasteiger partial charge in [-0.1, -0.05) is 12.1 Å². The lowest BCUT2D eigenvalue weighted by Gasteiger charge is -2.31. The molecule has 1 amide bonds. The van der Waals surface area contributed by atoms with E-state index in [0.717, 1.165) is 18.8 Å². The van der Waals surface area contributed by atoms with Crippen LogP contribution in [-0.2, 0) is 4.79 Å². The maximum absolute atomic E-state index is 12.6. The van der Waals surface area contributed by atoms with Crippen molar-refractivity contribution in [3.8, 4) is 11.5 Å². The molecule has 0 bridgehead atoms. The smallest absolute Gasteiger partial charge is 0.269 e. The predicted octanol–water partition coefficient (Wildman–Crippen LogP) is 3.45. The minimum atomic E-state index is -0.673. The highest BCUT2D eigenvalue weighted by molar-refractivity contribution is 5.95. The van der Waals surface area contributed by atoms with Crippen LogP contribution < -0.4 is 19.7 Å². The van der Waals surface area contributed by atoms with Crippen LogP contribution in [0.2, 0.25) is 0 Å². The molecule has 1 saturated heterocycles. The van der Waals surface area contributed by atoms with E-state index in [2.05, 4.69) is 22.3 Å². The lowest BCUT2D eigenvalue weighted by Crippen LogP contribution is -2.46. The molecule has 0 spiro atoms. The van der Waals surface area contributed by atoms with Crippen LogP contribution in [0.5, 0.6) is 11.5 Å². The van der Waals surface area contributed by atoms with Gasteiger partial charge >= 0.3 is 0 Å². The van der Waals surface area contributed by atoms with Gasteiger partial charge in [0, 0.05) is 24.5 Å². The first kappa shape index (κ1) is 15.8. The van der Waals surface area contributed by atoms with E-state index in [9.17, 15) is 4.79 Å². The fourth-order valence-electron chi connectivity index (χ4n) is 3.35. The van der Waals surface area contributed by atoms with Crippen molar-refractivity contribution in [1.82, 2.24) is 0 Å². The molecule has 25 heavy (non-hydrogen) atoms. The fraction of sp³-hybridized carbons (Fsp3) is 0.350. The van der Waals surface area contributed by atoms with Gasteiger partial charge in [-0.2, -0.15) is 0 Å². The zero-order valence-corrected chi connectivity index (χ0v) is 14.3. The number of para-hydroxylation sites is 2. The Kier molecular flexibility index (Phi) is 4.22. The largest absolute Gasteiger partial charge is 0.482 e. The number of carbonyl (C=O) groups excluding carboxylic acids is 1. The van der Waals surface area contributed by atoms with Gasteiger partial charge in [-0.3, -0.25) is 4.79 Å². The highest BCUT2D eigenvalue weighted by Gasteiger charge is 2.34. The van der Waals surface area contributed by atoms with Gasteiger partial charge < -0.3 is 19.7 Å². The van der Waals surface area contributed by atoms with Crippen LogP contribution in [0.15, 0.2) is 48.5 Å².